The highest BCUT2D eigenvalue weighted by Gasteiger charge is 2.06. The van der Waals surface area contributed by atoms with E-state index in [0.717, 1.165) is 28.6 Å². The molecule has 0 fully saturated rings. The standard InChI is InChI=1S/C14H18ClN5/c1-10-6-13(19-16)18-14(17-10)9-20(2)8-11-4-3-5-12(15)7-11/h3-7H,8-9,16H2,1-2H3,(H,17,18,19). The fourth-order valence-electron chi connectivity index (χ4n) is 2.02. The van der Waals surface area contributed by atoms with Gasteiger partial charge in [0.2, 0.25) is 0 Å². The third-order valence-electron chi connectivity index (χ3n) is 2.80. The van der Waals surface area contributed by atoms with Gasteiger partial charge < -0.3 is 5.43 Å². The summed E-state index contributed by atoms with van der Waals surface area (Å²) in [5, 5.41) is 0.748. The number of nitrogen functional groups attached to an aromatic ring is 1. The Labute approximate surface area is 123 Å². The minimum atomic E-state index is 0.628. The summed E-state index contributed by atoms with van der Waals surface area (Å²) in [6.45, 7) is 3.34. The van der Waals surface area contributed by atoms with Crippen LogP contribution in [0.25, 0.3) is 0 Å². The Morgan fingerprint density at radius 1 is 1.25 bits per heavy atom. The topological polar surface area (TPSA) is 67.1 Å². The van der Waals surface area contributed by atoms with Crippen molar-refractivity contribution in [2.75, 3.05) is 12.5 Å². The minimum absolute atomic E-state index is 0.628. The molecule has 3 N–H and O–H groups in total. The van der Waals surface area contributed by atoms with E-state index < -0.39 is 0 Å². The van der Waals surface area contributed by atoms with Crippen molar-refractivity contribution in [1.29, 1.82) is 0 Å². The van der Waals surface area contributed by atoms with Crippen molar-refractivity contribution in [3.05, 3.63) is 52.4 Å². The van der Waals surface area contributed by atoms with Gasteiger partial charge in [0, 0.05) is 23.3 Å². The van der Waals surface area contributed by atoms with Gasteiger partial charge in [-0.3, -0.25) is 4.90 Å². The predicted molar refractivity (Wildman–Crippen MR) is 81.2 cm³/mol. The molecule has 0 aliphatic carbocycles. The fraction of sp³-hybridized carbons (Fsp3) is 0.286. The van der Waals surface area contributed by atoms with Gasteiger partial charge in [-0.1, -0.05) is 23.7 Å². The highest BCUT2D eigenvalue weighted by Crippen LogP contribution is 2.13. The quantitative estimate of drug-likeness (QED) is 0.654. The summed E-state index contributed by atoms with van der Waals surface area (Å²) in [5.74, 6) is 6.76. The molecule has 0 bridgehead atoms. The van der Waals surface area contributed by atoms with E-state index >= 15 is 0 Å². The Kier molecular flexibility index (Phi) is 4.89. The van der Waals surface area contributed by atoms with E-state index in [9.17, 15) is 0 Å². The zero-order valence-electron chi connectivity index (χ0n) is 11.6. The molecule has 0 aliphatic heterocycles. The molecule has 20 heavy (non-hydrogen) atoms. The second-order valence-electron chi connectivity index (χ2n) is 4.76. The van der Waals surface area contributed by atoms with Gasteiger partial charge in [-0.15, -0.1) is 0 Å². The highest BCUT2D eigenvalue weighted by molar-refractivity contribution is 6.30. The first-order valence-electron chi connectivity index (χ1n) is 6.31. The molecule has 1 aromatic carbocycles. The molecule has 0 spiro atoms. The summed E-state index contributed by atoms with van der Waals surface area (Å²) in [6.07, 6.45) is 0. The van der Waals surface area contributed by atoms with Crippen LogP contribution in [0.1, 0.15) is 17.1 Å². The molecule has 0 amide bonds. The molecule has 0 aliphatic rings. The van der Waals surface area contributed by atoms with Crippen LogP contribution < -0.4 is 11.3 Å². The maximum Gasteiger partial charge on any atom is 0.145 e. The second-order valence-corrected chi connectivity index (χ2v) is 5.19. The third kappa shape index (κ3) is 4.16. The molecule has 1 heterocycles. The number of aromatic nitrogens is 2. The predicted octanol–water partition coefficient (Wildman–Crippen LogP) is 2.36. The van der Waals surface area contributed by atoms with Crippen LogP contribution in [0.2, 0.25) is 5.02 Å². The normalized spacial score (nSPS) is 10.8. The summed E-state index contributed by atoms with van der Waals surface area (Å²) in [6, 6.07) is 9.63. The van der Waals surface area contributed by atoms with Crippen molar-refractivity contribution in [3.63, 3.8) is 0 Å². The summed E-state index contributed by atoms with van der Waals surface area (Å²) < 4.78 is 0. The number of hydrogen-bond donors (Lipinski definition) is 2. The number of hydrazine groups is 1. The number of nitrogens with zero attached hydrogens (tertiary/aromatic N) is 3. The Morgan fingerprint density at radius 2 is 2.05 bits per heavy atom. The van der Waals surface area contributed by atoms with E-state index in [0.29, 0.717) is 12.4 Å². The largest absolute Gasteiger partial charge is 0.308 e. The summed E-state index contributed by atoms with van der Waals surface area (Å²) >= 11 is 5.98. The lowest BCUT2D eigenvalue weighted by atomic mass is 10.2. The number of hydrogen-bond acceptors (Lipinski definition) is 5. The number of nitrogens with one attached hydrogen (secondary N) is 1. The first kappa shape index (κ1) is 14.7. The number of anilines is 1. The molecule has 0 atom stereocenters. The lowest BCUT2D eigenvalue weighted by Crippen LogP contribution is -2.20. The smallest absolute Gasteiger partial charge is 0.145 e. The number of rotatable bonds is 5. The van der Waals surface area contributed by atoms with Crippen LogP contribution in [-0.4, -0.2) is 21.9 Å². The third-order valence-corrected chi connectivity index (χ3v) is 3.04. The fourth-order valence-corrected chi connectivity index (χ4v) is 2.23. The molecule has 2 rings (SSSR count). The summed E-state index contributed by atoms with van der Waals surface area (Å²) in [5.41, 5.74) is 4.60. The average Bonchev–Trinajstić information content (AvgIpc) is 2.37. The van der Waals surface area contributed by atoms with E-state index in [1.807, 2.05) is 38.2 Å². The molecule has 2 aromatic rings. The Hall–Kier alpha value is -1.69. The van der Waals surface area contributed by atoms with Gasteiger partial charge in [-0.05, 0) is 31.7 Å². The Morgan fingerprint density at radius 3 is 2.75 bits per heavy atom. The van der Waals surface area contributed by atoms with Gasteiger partial charge in [-0.2, -0.15) is 0 Å². The van der Waals surface area contributed by atoms with Crippen molar-refractivity contribution < 1.29 is 0 Å². The molecule has 5 nitrogen and oxygen atoms in total. The SMILES string of the molecule is Cc1cc(NN)nc(CN(C)Cc2cccc(Cl)c2)n1. The molecule has 0 saturated heterocycles. The molecule has 0 saturated carbocycles. The van der Waals surface area contributed by atoms with Crippen molar-refractivity contribution in [1.82, 2.24) is 14.9 Å². The van der Waals surface area contributed by atoms with Crippen LogP contribution in [0, 0.1) is 6.92 Å². The lowest BCUT2D eigenvalue weighted by Gasteiger charge is -2.16. The molecular weight excluding hydrogens is 274 g/mol. The van der Waals surface area contributed by atoms with Gasteiger partial charge >= 0.3 is 0 Å². The minimum Gasteiger partial charge on any atom is -0.308 e. The maximum atomic E-state index is 5.98. The van der Waals surface area contributed by atoms with E-state index in [2.05, 4.69) is 20.3 Å². The van der Waals surface area contributed by atoms with Gasteiger partial charge in [-0.25, -0.2) is 15.8 Å². The number of nitrogens with two attached hydrogens (primary N) is 1. The van der Waals surface area contributed by atoms with Crippen LogP contribution >= 0.6 is 11.6 Å². The van der Waals surface area contributed by atoms with Crippen LogP contribution in [0.4, 0.5) is 5.82 Å². The Bertz CT molecular complexity index is 588. The van der Waals surface area contributed by atoms with Gasteiger partial charge in [0.15, 0.2) is 0 Å². The number of halogens is 1. The van der Waals surface area contributed by atoms with Crippen molar-refractivity contribution >= 4 is 17.4 Å². The first-order chi connectivity index (χ1) is 9.56. The van der Waals surface area contributed by atoms with E-state index in [4.69, 9.17) is 17.4 Å². The Balaban J connectivity index is 2.04. The van der Waals surface area contributed by atoms with E-state index in [1.165, 1.54) is 0 Å². The summed E-state index contributed by atoms with van der Waals surface area (Å²) in [7, 11) is 2.02. The molecule has 0 unspecified atom stereocenters. The molecular formula is C14H18ClN5. The van der Waals surface area contributed by atoms with Crippen molar-refractivity contribution in [2.24, 2.45) is 5.84 Å². The average molecular weight is 292 g/mol. The van der Waals surface area contributed by atoms with Gasteiger partial charge in [0.25, 0.3) is 0 Å². The van der Waals surface area contributed by atoms with E-state index in [1.54, 1.807) is 6.07 Å². The first-order valence-corrected chi connectivity index (χ1v) is 6.69. The molecule has 6 heteroatoms. The lowest BCUT2D eigenvalue weighted by molar-refractivity contribution is 0.310. The number of aryl methyl sites for hydroxylation is 1. The maximum absolute atomic E-state index is 5.98. The zero-order chi connectivity index (χ0) is 14.5. The molecule has 0 radical (unpaired) electrons. The number of benzene rings is 1. The van der Waals surface area contributed by atoms with E-state index in [-0.39, 0.29) is 0 Å². The molecule has 1 aromatic heterocycles. The highest BCUT2D eigenvalue weighted by atomic mass is 35.5. The monoisotopic (exact) mass is 291 g/mol. The van der Waals surface area contributed by atoms with Crippen LogP contribution in [0.3, 0.4) is 0 Å². The van der Waals surface area contributed by atoms with Crippen LogP contribution in [0.5, 0.6) is 0 Å². The van der Waals surface area contributed by atoms with Crippen molar-refractivity contribution in [3.8, 4) is 0 Å². The zero-order valence-corrected chi connectivity index (χ0v) is 12.4. The molecule has 106 valence electrons. The van der Waals surface area contributed by atoms with Crippen molar-refractivity contribution in [2.45, 2.75) is 20.0 Å². The second kappa shape index (κ2) is 6.65. The van der Waals surface area contributed by atoms with Gasteiger partial charge in [0.05, 0.1) is 6.54 Å². The van der Waals surface area contributed by atoms with Gasteiger partial charge in [0.1, 0.15) is 11.6 Å². The van der Waals surface area contributed by atoms with Crippen LogP contribution in [0.15, 0.2) is 30.3 Å². The van der Waals surface area contributed by atoms with Crippen LogP contribution in [-0.2, 0) is 13.1 Å². The summed E-state index contributed by atoms with van der Waals surface area (Å²) in [4.78, 5) is 10.9.